The minimum Gasteiger partial charge on any atom is -0.465 e. The van der Waals surface area contributed by atoms with E-state index in [0.717, 1.165) is 5.57 Å². The Labute approximate surface area is 112 Å². The first-order valence-electron chi connectivity index (χ1n) is 6.40. The van der Waals surface area contributed by atoms with Crippen molar-refractivity contribution in [2.75, 3.05) is 13.2 Å². The number of rotatable bonds is 3. The lowest BCUT2D eigenvalue weighted by atomic mass is 9.60. The molecule has 106 valence electrons. The quantitative estimate of drug-likeness (QED) is 0.607. The number of carbonyl (C=O) groups excluding carboxylic acids is 2. The monoisotopic (exact) mass is 268 g/mol. The Kier molecular flexibility index (Phi) is 3.31. The van der Waals surface area contributed by atoms with Crippen molar-refractivity contribution in [2.45, 2.75) is 38.9 Å². The molecule has 1 saturated carbocycles. The van der Waals surface area contributed by atoms with Crippen LogP contribution < -0.4 is 0 Å². The van der Waals surface area contributed by atoms with E-state index in [4.69, 9.17) is 9.47 Å². The van der Waals surface area contributed by atoms with Gasteiger partial charge in [-0.25, -0.2) is 0 Å². The first-order chi connectivity index (χ1) is 8.74. The molecule has 0 aromatic carbocycles. The minimum atomic E-state index is -1.19. The molecule has 2 bridgehead atoms. The van der Waals surface area contributed by atoms with E-state index in [0.29, 0.717) is 6.42 Å². The second-order valence-electron chi connectivity index (χ2n) is 5.81. The number of allylic oxidation sites excluding steroid dienone is 1. The summed E-state index contributed by atoms with van der Waals surface area (Å²) in [6, 6.07) is 0. The molecule has 5 heteroatoms. The Hall–Kier alpha value is -1.20. The summed E-state index contributed by atoms with van der Waals surface area (Å²) in [6.45, 7) is 8.77. The molecule has 1 heterocycles. The van der Waals surface area contributed by atoms with E-state index in [2.05, 4.69) is 6.58 Å². The highest BCUT2D eigenvalue weighted by Crippen LogP contribution is 2.52. The van der Waals surface area contributed by atoms with Gasteiger partial charge in [0, 0.05) is 12.8 Å². The van der Waals surface area contributed by atoms with Gasteiger partial charge in [-0.3, -0.25) is 9.59 Å². The number of hydrogen-bond acceptors (Lipinski definition) is 5. The van der Waals surface area contributed by atoms with Crippen molar-refractivity contribution in [3.63, 3.8) is 0 Å². The van der Waals surface area contributed by atoms with Crippen LogP contribution in [0.25, 0.3) is 0 Å². The summed E-state index contributed by atoms with van der Waals surface area (Å²) in [4.78, 5) is 23.7. The molecule has 0 unspecified atom stereocenters. The minimum absolute atomic E-state index is 0.0129. The van der Waals surface area contributed by atoms with Crippen LogP contribution in [0.2, 0.25) is 0 Å². The second kappa shape index (κ2) is 4.42. The zero-order chi connectivity index (χ0) is 14.4. The van der Waals surface area contributed by atoms with Gasteiger partial charge in [-0.1, -0.05) is 12.2 Å². The fourth-order valence-electron chi connectivity index (χ4n) is 3.20. The molecule has 0 aromatic heterocycles. The highest BCUT2D eigenvalue weighted by Gasteiger charge is 2.66. The lowest BCUT2D eigenvalue weighted by molar-refractivity contribution is -0.157. The second-order valence-corrected chi connectivity index (χ2v) is 5.81. The first kappa shape index (κ1) is 14.2. The van der Waals surface area contributed by atoms with E-state index in [1.54, 1.807) is 6.92 Å². The van der Waals surface area contributed by atoms with Crippen LogP contribution in [0.4, 0.5) is 0 Å². The molecule has 1 N–H and O–H groups in total. The summed E-state index contributed by atoms with van der Waals surface area (Å²) < 4.78 is 10.6. The number of ether oxygens (including phenoxy) is 2. The molecule has 1 aliphatic heterocycles. The van der Waals surface area contributed by atoms with Crippen LogP contribution in [0.3, 0.4) is 0 Å². The third-order valence-electron chi connectivity index (χ3n) is 4.42. The van der Waals surface area contributed by atoms with E-state index >= 15 is 0 Å². The van der Waals surface area contributed by atoms with E-state index in [-0.39, 0.29) is 24.9 Å². The summed E-state index contributed by atoms with van der Waals surface area (Å²) in [6.07, 6.45) is -0.451. The zero-order valence-electron chi connectivity index (χ0n) is 11.6. The first-order valence-corrected chi connectivity index (χ1v) is 6.40. The van der Waals surface area contributed by atoms with E-state index in [1.165, 1.54) is 6.92 Å². The van der Waals surface area contributed by atoms with Gasteiger partial charge in [-0.15, -0.1) is 0 Å². The average Bonchev–Trinajstić information content (AvgIpc) is 2.51. The fourth-order valence-corrected chi connectivity index (χ4v) is 3.20. The highest BCUT2D eigenvalue weighted by atomic mass is 16.5. The standard InChI is InChI=1S/C14H20O5/c1-8(2)10-5-11(16)13(4)12(17)14(10,7-19-13)6-18-9(3)15/h10-11,16H,1,5-7H2,2-4H3/t10-,11+,13-,14-/m1/s1. The molecule has 1 aliphatic carbocycles. The van der Waals surface area contributed by atoms with Crippen molar-refractivity contribution in [2.24, 2.45) is 11.3 Å². The van der Waals surface area contributed by atoms with Crippen LogP contribution in [0.1, 0.15) is 27.2 Å². The van der Waals surface area contributed by atoms with Gasteiger partial charge in [0.2, 0.25) is 0 Å². The molecule has 2 rings (SSSR count). The van der Waals surface area contributed by atoms with Gasteiger partial charge in [0.05, 0.1) is 18.1 Å². The van der Waals surface area contributed by atoms with Gasteiger partial charge >= 0.3 is 5.97 Å². The van der Waals surface area contributed by atoms with Crippen molar-refractivity contribution in [3.8, 4) is 0 Å². The molecule has 1 saturated heterocycles. The van der Waals surface area contributed by atoms with Crippen LogP contribution in [0.15, 0.2) is 12.2 Å². The predicted molar refractivity (Wildman–Crippen MR) is 67.4 cm³/mol. The van der Waals surface area contributed by atoms with Gasteiger partial charge < -0.3 is 14.6 Å². The van der Waals surface area contributed by atoms with Crippen molar-refractivity contribution in [1.29, 1.82) is 0 Å². The largest absolute Gasteiger partial charge is 0.465 e. The molecule has 2 aliphatic rings. The Balaban J connectivity index is 2.38. The molecule has 2 fully saturated rings. The van der Waals surface area contributed by atoms with Crippen molar-refractivity contribution in [3.05, 3.63) is 12.2 Å². The van der Waals surface area contributed by atoms with Crippen LogP contribution >= 0.6 is 0 Å². The smallest absolute Gasteiger partial charge is 0.302 e. The van der Waals surface area contributed by atoms with Gasteiger partial charge in [0.25, 0.3) is 0 Å². The number of aliphatic hydroxyl groups is 1. The summed E-state index contributed by atoms with van der Waals surface area (Å²) >= 11 is 0. The number of fused-ring (bicyclic) bond motifs is 2. The number of ketones is 1. The van der Waals surface area contributed by atoms with Gasteiger partial charge in [-0.2, -0.15) is 0 Å². The SMILES string of the molecule is C=C(C)[C@H]1C[C@H](O)[C@@]2(C)OC[C@@]1(COC(C)=O)C2=O. The molecule has 0 spiro atoms. The number of hydrogen-bond donors (Lipinski definition) is 1. The number of carbonyl (C=O) groups is 2. The molecule has 0 aromatic rings. The summed E-state index contributed by atoms with van der Waals surface area (Å²) in [7, 11) is 0. The number of esters is 1. The van der Waals surface area contributed by atoms with Crippen molar-refractivity contribution in [1.82, 2.24) is 0 Å². The molecular weight excluding hydrogens is 248 g/mol. The molecule has 5 nitrogen and oxygen atoms in total. The van der Waals surface area contributed by atoms with Crippen LogP contribution in [-0.2, 0) is 19.1 Å². The fraction of sp³-hybridized carbons (Fsp3) is 0.714. The molecule has 19 heavy (non-hydrogen) atoms. The Morgan fingerprint density at radius 2 is 2.21 bits per heavy atom. The maximum atomic E-state index is 12.7. The van der Waals surface area contributed by atoms with Crippen LogP contribution in [0.5, 0.6) is 0 Å². The van der Waals surface area contributed by atoms with E-state index < -0.39 is 23.1 Å². The summed E-state index contributed by atoms with van der Waals surface area (Å²) in [5.74, 6) is -0.847. The maximum absolute atomic E-state index is 12.7. The highest BCUT2D eigenvalue weighted by molar-refractivity contribution is 5.96. The molecule has 0 amide bonds. The third kappa shape index (κ3) is 1.92. The van der Waals surface area contributed by atoms with Gasteiger partial charge in [0.1, 0.15) is 12.2 Å². The van der Waals surface area contributed by atoms with Gasteiger partial charge in [-0.05, 0) is 20.3 Å². The van der Waals surface area contributed by atoms with E-state index in [9.17, 15) is 14.7 Å². The van der Waals surface area contributed by atoms with Crippen molar-refractivity contribution >= 4 is 11.8 Å². The van der Waals surface area contributed by atoms with Gasteiger partial charge in [0.15, 0.2) is 5.78 Å². The topological polar surface area (TPSA) is 72.8 Å². The zero-order valence-corrected chi connectivity index (χ0v) is 11.6. The third-order valence-corrected chi connectivity index (χ3v) is 4.42. The lowest BCUT2D eigenvalue weighted by Crippen LogP contribution is -2.58. The molecule has 0 radical (unpaired) electrons. The Morgan fingerprint density at radius 1 is 1.58 bits per heavy atom. The average molecular weight is 268 g/mol. The Morgan fingerprint density at radius 3 is 2.74 bits per heavy atom. The predicted octanol–water partition coefficient (Wildman–Crippen LogP) is 0.851. The van der Waals surface area contributed by atoms with E-state index in [1.807, 2.05) is 6.92 Å². The molecule has 4 atom stereocenters. The van der Waals surface area contributed by atoms with Crippen LogP contribution in [0, 0.1) is 11.3 Å². The number of Topliss-reactive ketones (excluding diaryl/α,β-unsaturated/α-hetero) is 1. The normalized spacial score (nSPS) is 41.2. The lowest BCUT2D eigenvalue weighted by Gasteiger charge is -2.42. The molecular formula is C14H20O5. The van der Waals surface area contributed by atoms with Crippen LogP contribution in [-0.4, -0.2) is 41.8 Å². The van der Waals surface area contributed by atoms with Crippen molar-refractivity contribution < 1.29 is 24.2 Å². The summed E-state index contributed by atoms with van der Waals surface area (Å²) in [5.41, 5.74) is -1.29. The Bertz CT molecular complexity index is 443. The summed E-state index contributed by atoms with van der Waals surface area (Å²) in [5, 5.41) is 10.1. The maximum Gasteiger partial charge on any atom is 0.302 e. The number of aliphatic hydroxyl groups excluding tert-OH is 1.